The average molecular weight is 265 g/mol. The first-order valence-electron chi connectivity index (χ1n) is 5.40. The first kappa shape index (κ1) is 14.5. The van der Waals surface area contributed by atoms with E-state index in [4.69, 9.17) is 5.11 Å². The smallest absolute Gasteiger partial charge is 0.251 e. The molecule has 0 bridgehead atoms. The molecule has 1 aromatic carbocycles. The lowest BCUT2D eigenvalue weighted by Crippen LogP contribution is -2.48. The zero-order valence-electron chi connectivity index (χ0n) is 9.79. The maximum atomic E-state index is 11.7. The number of carboxylic acids is 2. The molecule has 7 heteroatoms. The summed E-state index contributed by atoms with van der Waals surface area (Å²) in [7, 11) is 0. The number of amides is 1. The fourth-order valence-electron chi connectivity index (χ4n) is 1.37. The van der Waals surface area contributed by atoms with Gasteiger partial charge < -0.3 is 30.2 Å². The van der Waals surface area contributed by atoms with Crippen molar-refractivity contribution in [3.8, 4) is 5.75 Å². The molecule has 102 valence electrons. The van der Waals surface area contributed by atoms with Gasteiger partial charge in [-0.15, -0.1) is 0 Å². The summed E-state index contributed by atoms with van der Waals surface area (Å²) < 4.78 is 0. The second kappa shape index (κ2) is 6.39. The minimum atomic E-state index is -1.58. The van der Waals surface area contributed by atoms with Gasteiger partial charge in [0.1, 0.15) is 5.75 Å². The molecule has 0 saturated carbocycles. The van der Waals surface area contributed by atoms with Gasteiger partial charge in [-0.3, -0.25) is 4.79 Å². The number of phenolic OH excluding ortho intramolecular Hbond substituents is 1. The molecule has 2 N–H and O–H groups in total. The number of carboxylic acid groups (broad SMARTS) is 2. The van der Waals surface area contributed by atoms with Crippen LogP contribution in [0.2, 0.25) is 0 Å². The van der Waals surface area contributed by atoms with Crippen molar-refractivity contribution in [1.29, 1.82) is 0 Å². The van der Waals surface area contributed by atoms with E-state index in [9.17, 15) is 24.6 Å². The molecular formula is C12H11NO6-2. The van der Waals surface area contributed by atoms with Gasteiger partial charge in [-0.1, -0.05) is 0 Å². The highest BCUT2D eigenvalue weighted by molar-refractivity contribution is 5.96. The molecule has 19 heavy (non-hydrogen) atoms. The Hall–Kier alpha value is -2.57. The SMILES string of the molecule is O=C([O-])CC[C@H](NC(=O)c1ccc(O)cc1)C(=O)[O-]. The predicted molar refractivity (Wildman–Crippen MR) is 58.6 cm³/mol. The maximum Gasteiger partial charge on any atom is 0.251 e. The molecule has 0 heterocycles. The summed E-state index contributed by atoms with van der Waals surface area (Å²) in [5.41, 5.74) is 0.137. The second-order valence-electron chi connectivity index (χ2n) is 3.80. The molecule has 0 aromatic heterocycles. The molecule has 7 nitrogen and oxygen atoms in total. The van der Waals surface area contributed by atoms with Crippen molar-refractivity contribution in [2.75, 3.05) is 0 Å². The lowest BCUT2D eigenvalue weighted by Gasteiger charge is -2.19. The molecular weight excluding hydrogens is 254 g/mol. The molecule has 1 amide bonds. The van der Waals surface area contributed by atoms with Crippen LogP contribution in [-0.2, 0) is 9.59 Å². The van der Waals surface area contributed by atoms with Gasteiger partial charge in [-0.2, -0.15) is 0 Å². The van der Waals surface area contributed by atoms with Crippen molar-refractivity contribution in [3.05, 3.63) is 29.8 Å². The Morgan fingerprint density at radius 3 is 2.21 bits per heavy atom. The van der Waals surface area contributed by atoms with Gasteiger partial charge in [-0.25, -0.2) is 0 Å². The largest absolute Gasteiger partial charge is 0.550 e. The fourth-order valence-corrected chi connectivity index (χ4v) is 1.37. The van der Waals surface area contributed by atoms with Crippen molar-refractivity contribution in [3.63, 3.8) is 0 Å². The average Bonchev–Trinajstić information content (AvgIpc) is 2.34. The Balaban J connectivity index is 2.68. The fraction of sp³-hybridized carbons (Fsp3) is 0.250. The van der Waals surface area contributed by atoms with Crippen LogP contribution in [-0.4, -0.2) is 29.0 Å². The third-order valence-corrected chi connectivity index (χ3v) is 2.36. The van der Waals surface area contributed by atoms with Gasteiger partial charge >= 0.3 is 0 Å². The summed E-state index contributed by atoms with van der Waals surface area (Å²) in [5.74, 6) is -3.73. The molecule has 0 aliphatic carbocycles. The highest BCUT2D eigenvalue weighted by atomic mass is 16.4. The Labute approximate surface area is 108 Å². The van der Waals surface area contributed by atoms with Crippen molar-refractivity contribution in [1.82, 2.24) is 5.32 Å². The number of hydrogen-bond acceptors (Lipinski definition) is 6. The number of aliphatic carboxylic acids is 2. The topological polar surface area (TPSA) is 130 Å². The van der Waals surface area contributed by atoms with Crippen LogP contribution in [0.1, 0.15) is 23.2 Å². The van der Waals surface area contributed by atoms with Gasteiger partial charge in [0, 0.05) is 11.5 Å². The van der Waals surface area contributed by atoms with Crippen LogP contribution in [0.3, 0.4) is 0 Å². The Kier molecular flexibility index (Phi) is 4.87. The Morgan fingerprint density at radius 1 is 1.16 bits per heavy atom. The molecule has 1 rings (SSSR count). The van der Waals surface area contributed by atoms with E-state index in [1.165, 1.54) is 24.3 Å². The van der Waals surface area contributed by atoms with Crippen LogP contribution >= 0.6 is 0 Å². The zero-order chi connectivity index (χ0) is 14.4. The van der Waals surface area contributed by atoms with Gasteiger partial charge in [0.15, 0.2) is 0 Å². The van der Waals surface area contributed by atoms with E-state index in [-0.39, 0.29) is 17.7 Å². The maximum absolute atomic E-state index is 11.7. The first-order valence-corrected chi connectivity index (χ1v) is 5.40. The lowest BCUT2D eigenvalue weighted by molar-refractivity contribution is -0.309. The quantitative estimate of drug-likeness (QED) is 0.598. The van der Waals surface area contributed by atoms with E-state index < -0.39 is 30.3 Å². The van der Waals surface area contributed by atoms with E-state index >= 15 is 0 Å². The second-order valence-corrected chi connectivity index (χ2v) is 3.80. The minimum Gasteiger partial charge on any atom is -0.550 e. The molecule has 0 aliphatic heterocycles. The molecule has 0 spiro atoms. The van der Waals surface area contributed by atoms with Gasteiger partial charge in [0.25, 0.3) is 5.91 Å². The first-order chi connectivity index (χ1) is 8.90. The summed E-state index contributed by atoms with van der Waals surface area (Å²) in [5, 5.41) is 32.2. The third-order valence-electron chi connectivity index (χ3n) is 2.36. The van der Waals surface area contributed by atoms with Crippen LogP contribution in [0.5, 0.6) is 5.75 Å². The highest BCUT2D eigenvalue weighted by Crippen LogP contribution is 2.10. The van der Waals surface area contributed by atoms with Crippen molar-refractivity contribution >= 4 is 17.8 Å². The van der Waals surface area contributed by atoms with Crippen LogP contribution in [0, 0.1) is 0 Å². The number of carbonyl (C=O) groups is 3. The Morgan fingerprint density at radius 2 is 1.74 bits per heavy atom. The van der Waals surface area contributed by atoms with E-state index in [1.807, 2.05) is 0 Å². The van der Waals surface area contributed by atoms with Crippen LogP contribution in [0.25, 0.3) is 0 Å². The van der Waals surface area contributed by atoms with E-state index in [0.717, 1.165) is 0 Å². The zero-order valence-corrected chi connectivity index (χ0v) is 9.79. The van der Waals surface area contributed by atoms with Crippen molar-refractivity contribution < 1.29 is 29.7 Å². The van der Waals surface area contributed by atoms with Gasteiger partial charge in [0.2, 0.25) is 0 Å². The Bertz CT molecular complexity index is 481. The third kappa shape index (κ3) is 4.66. The number of hydrogen-bond donors (Lipinski definition) is 2. The van der Waals surface area contributed by atoms with E-state index in [0.29, 0.717) is 0 Å². The van der Waals surface area contributed by atoms with Gasteiger partial charge in [-0.05, 0) is 37.1 Å². The highest BCUT2D eigenvalue weighted by Gasteiger charge is 2.14. The van der Waals surface area contributed by atoms with E-state index in [2.05, 4.69) is 5.32 Å². The summed E-state index contributed by atoms with van der Waals surface area (Å²) in [6, 6.07) is 3.72. The number of benzene rings is 1. The number of phenols is 1. The van der Waals surface area contributed by atoms with Crippen LogP contribution in [0.4, 0.5) is 0 Å². The summed E-state index contributed by atoms with van der Waals surface area (Å²) >= 11 is 0. The number of nitrogens with one attached hydrogen (secondary N) is 1. The monoisotopic (exact) mass is 265 g/mol. The number of carbonyl (C=O) groups excluding carboxylic acids is 3. The predicted octanol–water partition coefficient (Wildman–Crippen LogP) is -2.23. The summed E-state index contributed by atoms with van der Waals surface area (Å²) in [6.07, 6.45) is -0.830. The van der Waals surface area contributed by atoms with Crippen molar-refractivity contribution in [2.24, 2.45) is 0 Å². The van der Waals surface area contributed by atoms with Crippen LogP contribution < -0.4 is 15.5 Å². The molecule has 0 fully saturated rings. The summed E-state index contributed by atoms with van der Waals surface area (Å²) in [6.45, 7) is 0. The summed E-state index contributed by atoms with van der Waals surface area (Å²) in [4.78, 5) is 32.7. The van der Waals surface area contributed by atoms with Gasteiger partial charge in [0.05, 0.1) is 12.0 Å². The molecule has 0 unspecified atom stereocenters. The normalized spacial score (nSPS) is 11.6. The van der Waals surface area contributed by atoms with Crippen molar-refractivity contribution in [2.45, 2.75) is 18.9 Å². The van der Waals surface area contributed by atoms with Crippen LogP contribution in [0.15, 0.2) is 24.3 Å². The number of aromatic hydroxyl groups is 1. The van der Waals surface area contributed by atoms with E-state index in [1.54, 1.807) is 0 Å². The molecule has 0 aliphatic rings. The molecule has 0 saturated heterocycles. The molecule has 1 atom stereocenters. The number of rotatable bonds is 6. The molecule has 1 aromatic rings. The standard InChI is InChI=1S/C12H13NO6/c14-8-3-1-7(2-4-8)11(17)13-9(12(18)19)5-6-10(15)16/h1-4,9,14H,5-6H2,(H,13,17)(H,15,16)(H,18,19)/p-2/t9-/m0/s1. The molecule has 0 radical (unpaired) electrons. The lowest BCUT2D eigenvalue weighted by atomic mass is 10.1. The minimum absolute atomic E-state index is 0.0371.